The van der Waals surface area contributed by atoms with Gasteiger partial charge in [0.1, 0.15) is 17.7 Å². The van der Waals surface area contributed by atoms with Crippen LogP contribution in [0.3, 0.4) is 0 Å². The maximum absolute atomic E-state index is 12.4. The van der Waals surface area contributed by atoms with E-state index >= 15 is 0 Å². The molecule has 1 aromatic carbocycles. The van der Waals surface area contributed by atoms with Crippen molar-refractivity contribution in [3.63, 3.8) is 0 Å². The summed E-state index contributed by atoms with van der Waals surface area (Å²) in [5.74, 6) is -1.02. The number of rotatable bonds is 10. The first-order valence-corrected chi connectivity index (χ1v) is 10.5. The van der Waals surface area contributed by atoms with Crippen LogP contribution in [0.1, 0.15) is 41.1 Å². The average molecular weight is 457 g/mol. The van der Waals surface area contributed by atoms with E-state index in [2.05, 4.69) is 20.6 Å². The Kier molecular flexibility index (Phi) is 7.16. The number of aromatic nitrogens is 2. The Hall–Kier alpha value is -4.09. The Morgan fingerprint density at radius 1 is 1.24 bits per heavy atom. The van der Waals surface area contributed by atoms with E-state index in [0.29, 0.717) is 23.7 Å². The number of benzene rings is 1. The summed E-state index contributed by atoms with van der Waals surface area (Å²) in [5.41, 5.74) is 18.8. The standard InChI is InChI=1S/C21H28N8O4/c1-29(9-8-12-10-25-18-16(12)17(23)27-21(24)28-18)13-4-2-11(3-5-13)19(31)26-14(20(32)33)6-7-15(22)30/h2-5,12,14H,6-10H2,1H3,(H2,22,30)(H,26,31)(H,32,33)(H5,23,24,25,27,28)/t12?,14-/m0/s1. The van der Waals surface area contributed by atoms with Crippen LogP contribution in [0, 0.1) is 0 Å². The molecule has 2 atom stereocenters. The molecular formula is C21H28N8O4. The van der Waals surface area contributed by atoms with Crippen molar-refractivity contribution >= 4 is 41.1 Å². The molecule has 1 aliphatic heterocycles. The molecular weight excluding hydrogens is 428 g/mol. The smallest absolute Gasteiger partial charge is 0.326 e. The number of carboxylic acid groups (broad SMARTS) is 1. The van der Waals surface area contributed by atoms with Gasteiger partial charge in [-0.3, -0.25) is 9.59 Å². The molecule has 2 heterocycles. The van der Waals surface area contributed by atoms with E-state index in [1.807, 2.05) is 11.9 Å². The Morgan fingerprint density at radius 2 is 1.94 bits per heavy atom. The minimum absolute atomic E-state index is 0.0709. The van der Waals surface area contributed by atoms with Crippen molar-refractivity contribution in [1.82, 2.24) is 15.3 Å². The van der Waals surface area contributed by atoms with Gasteiger partial charge in [-0.05, 0) is 37.1 Å². The zero-order valence-corrected chi connectivity index (χ0v) is 18.2. The molecule has 0 spiro atoms. The molecule has 0 aliphatic carbocycles. The number of fused-ring (bicyclic) bond motifs is 1. The van der Waals surface area contributed by atoms with Crippen molar-refractivity contribution in [3.05, 3.63) is 35.4 Å². The van der Waals surface area contributed by atoms with E-state index in [1.54, 1.807) is 24.3 Å². The molecule has 9 N–H and O–H groups in total. The molecule has 1 unspecified atom stereocenters. The molecule has 12 heteroatoms. The minimum atomic E-state index is -1.22. The van der Waals surface area contributed by atoms with Crippen LogP contribution < -0.4 is 32.7 Å². The van der Waals surface area contributed by atoms with Crippen LogP contribution in [-0.2, 0) is 9.59 Å². The predicted molar refractivity (Wildman–Crippen MR) is 124 cm³/mol. The molecule has 0 saturated carbocycles. The molecule has 1 aromatic heterocycles. The fraction of sp³-hybridized carbons (Fsp3) is 0.381. The van der Waals surface area contributed by atoms with Gasteiger partial charge < -0.3 is 37.8 Å². The summed E-state index contributed by atoms with van der Waals surface area (Å²) in [5, 5.41) is 14.9. The van der Waals surface area contributed by atoms with Crippen molar-refractivity contribution in [1.29, 1.82) is 0 Å². The van der Waals surface area contributed by atoms with E-state index in [-0.39, 0.29) is 24.7 Å². The zero-order valence-electron chi connectivity index (χ0n) is 18.2. The summed E-state index contributed by atoms with van der Waals surface area (Å²) in [6.45, 7) is 1.42. The van der Waals surface area contributed by atoms with Crippen LogP contribution in [-0.4, -0.2) is 59.0 Å². The molecule has 3 rings (SSSR count). The highest BCUT2D eigenvalue weighted by atomic mass is 16.4. The van der Waals surface area contributed by atoms with Gasteiger partial charge in [0, 0.05) is 49.3 Å². The van der Waals surface area contributed by atoms with Gasteiger partial charge in [0.05, 0.1) is 0 Å². The largest absolute Gasteiger partial charge is 0.480 e. The van der Waals surface area contributed by atoms with E-state index in [0.717, 1.165) is 24.2 Å². The molecule has 0 bridgehead atoms. The van der Waals surface area contributed by atoms with Gasteiger partial charge in [0.15, 0.2) is 0 Å². The van der Waals surface area contributed by atoms with Gasteiger partial charge in [0.25, 0.3) is 5.91 Å². The SMILES string of the molecule is CN(CCC1CNc2nc(N)nc(N)c21)c1ccc(C(=O)N[C@@H](CCC(N)=O)C(=O)O)cc1. The lowest BCUT2D eigenvalue weighted by Crippen LogP contribution is -2.41. The van der Waals surface area contributed by atoms with E-state index in [4.69, 9.17) is 17.2 Å². The maximum atomic E-state index is 12.4. The lowest BCUT2D eigenvalue weighted by Gasteiger charge is -2.22. The van der Waals surface area contributed by atoms with Crippen molar-refractivity contribution in [2.24, 2.45) is 5.73 Å². The molecule has 2 aromatic rings. The van der Waals surface area contributed by atoms with Crippen LogP contribution >= 0.6 is 0 Å². The van der Waals surface area contributed by atoms with Gasteiger partial charge in [-0.15, -0.1) is 0 Å². The molecule has 0 radical (unpaired) electrons. The number of nitrogen functional groups attached to an aromatic ring is 2. The van der Waals surface area contributed by atoms with Gasteiger partial charge in [-0.25, -0.2) is 4.79 Å². The highest BCUT2D eigenvalue weighted by molar-refractivity contribution is 5.97. The third-order valence-corrected chi connectivity index (χ3v) is 5.58. The molecule has 1 aliphatic rings. The normalized spacial score (nSPS) is 15.2. The van der Waals surface area contributed by atoms with Crippen molar-refractivity contribution < 1.29 is 19.5 Å². The third-order valence-electron chi connectivity index (χ3n) is 5.58. The Labute approximate surface area is 190 Å². The van der Waals surface area contributed by atoms with Crippen LogP contribution in [0.5, 0.6) is 0 Å². The molecule has 0 fully saturated rings. The van der Waals surface area contributed by atoms with Crippen molar-refractivity contribution in [2.75, 3.05) is 41.8 Å². The average Bonchev–Trinajstić information content (AvgIpc) is 3.17. The second-order valence-electron chi connectivity index (χ2n) is 7.93. The van der Waals surface area contributed by atoms with Crippen LogP contribution in [0.2, 0.25) is 0 Å². The number of amides is 2. The predicted octanol–water partition coefficient (Wildman–Crippen LogP) is 0.125. The van der Waals surface area contributed by atoms with Crippen LogP contribution in [0.25, 0.3) is 0 Å². The number of nitrogens with zero attached hydrogens (tertiary/aromatic N) is 3. The number of nitrogens with two attached hydrogens (primary N) is 3. The highest BCUT2D eigenvalue weighted by Crippen LogP contribution is 2.36. The number of nitrogens with one attached hydrogen (secondary N) is 2. The molecule has 33 heavy (non-hydrogen) atoms. The summed E-state index contributed by atoms with van der Waals surface area (Å²) < 4.78 is 0. The second-order valence-corrected chi connectivity index (χ2v) is 7.93. The maximum Gasteiger partial charge on any atom is 0.326 e. The van der Waals surface area contributed by atoms with E-state index in [9.17, 15) is 19.5 Å². The zero-order chi connectivity index (χ0) is 24.1. The monoisotopic (exact) mass is 456 g/mol. The molecule has 12 nitrogen and oxygen atoms in total. The Morgan fingerprint density at radius 3 is 2.58 bits per heavy atom. The molecule has 0 saturated heterocycles. The fourth-order valence-corrected chi connectivity index (χ4v) is 3.74. The summed E-state index contributed by atoms with van der Waals surface area (Å²) in [6.07, 6.45) is 0.599. The van der Waals surface area contributed by atoms with E-state index in [1.165, 1.54) is 0 Å². The van der Waals surface area contributed by atoms with Gasteiger partial charge >= 0.3 is 5.97 Å². The van der Waals surface area contributed by atoms with Gasteiger partial charge in [0.2, 0.25) is 11.9 Å². The van der Waals surface area contributed by atoms with Crippen molar-refractivity contribution in [2.45, 2.75) is 31.2 Å². The first-order chi connectivity index (χ1) is 15.7. The quantitative estimate of drug-likeness (QED) is 0.285. The number of hydrogen-bond acceptors (Lipinski definition) is 9. The lowest BCUT2D eigenvalue weighted by atomic mass is 9.99. The van der Waals surface area contributed by atoms with Crippen LogP contribution in [0.4, 0.5) is 23.3 Å². The number of carbonyl (C=O) groups is 3. The fourth-order valence-electron chi connectivity index (χ4n) is 3.74. The van der Waals surface area contributed by atoms with Gasteiger partial charge in [-0.2, -0.15) is 9.97 Å². The second kappa shape index (κ2) is 10.0. The highest BCUT2D eigenvalue weighted by Gasteiger charge is 2.27. The first-order valence-electron chi connectivity index (χ1n) is 10.5. The van der Waals surface area contributed by atoms with Crippen LogP contribution in [0.15, 0.2) is 24.3 Å². The van der Waals surface area contributed by atoms with E-state index < -0.39 is 23.8 Å². The topological polar surface area (TPSA) is 203 Å². The Balaban J connectivity index is 1.57. The number of hydrogen-bond donors (Lipinski definition) is 6. The number of carboxylic acids is 1. The third kappa shape index (κ3) is 5.79. The summed E-state index contributed by atoms with van der Waals surface area (Å²) in [6, 6.07) is 5.62. The molecule has 2 amide bonds. The summed E-state index contributed by atoms with van der Waals surface area (Å²) in [4.78, 5) is 44.9. The number of primary amides is 1. The minimum Gasteiger partial charge on any atom is -0.480 e. The number of carbonyl (C=O) groups excluding carboxylic acids is 2. The summed E-state index contributed by atoms with van der Waals surface area (Å²) >= 11 is 0. The Bertz CT molecular complexity index is 1040. The van der Waals surface area contributed by atoms with Crippen molar-refractivity contribution in [3.8, 4) is 0 Å². The summed E-state index contributed by atoms with van der Waals surface area (Å²) in [7, 11) is 1.94. The lowest BCUT2D eigenvalue weighted by molar-refractivity contribution is -0.139. The molecule has 176 valence electrons. The first kappa shape index (κ1) is 23.6. The number of aliphatic carboxylic acids is 1. The van der Waals surface area contributed by atoms with Gasteiger partial charge in [-0.1, -0.05) is 0 Å². The number of anilines is 4.